The van der Waals surface area contributed by atoms with Gasteiger partial charge in [0.15, 0.2) is 0 Å². The number of allylic oxidation sites excluding steroid dienone is 1. The molecule has 0 unspecified atom stereocenters. The first-order valence-corrected chi connectivity index (χ1v) is 7.19. The molecule has 0 aliphatic carbocycles. The fourth-order valence-corrected chi connectivity index (χ4v) is 2.16. The number of aromatic carboxylic acids is 1. The minimum atomic E-state index is -4.71. The molecule has 0 amide bonds. The summed E-state index contributed by atoms with van der Waals surface area (Å²) < 4.78 is 51.6. The summed E-state index contributed by atoms with van der Waals surface area (Å²) in [6.07, 6.45) is -1.56. The molecule has 0 aliphatic heterocycles. The Kier molecular flexibility index (Phi) is 5.41. The fourth-order valence-electron chi connectivity index (χ4n) is 2.16. The van der Waals surface area contributed by atoms with Gasteiger partial charge in [-0.25, -0.2) is 14.2 Å². The first-order chi connectivity index (χ1) is 11.7. The van der Waals surface area contributed by atoms with Crippen molar-refractivity contribution in [3.63, 3.8) is 0 Å². The Hall–Kier alpha value is -2.90. The zero-order valence-corrected chi connectivity index (χ0v) is 12.9. The molecule has 0 fully saturated rings. The molecule has 0 bridgehead atoms. The number of alkyl halides is 3. The van der Waals surface area contributed by atoms with Gasteiger partial charge in [-0.3, -0.25) is 0 Å². The van der Waals surface area contributed by atoms with Gasteiger partial charge in [0, 0.05) is 11.9 Å². The van der Waals surface area contributed by atoms with E-state index in [0.29, 0.717) is 36.4 Å². The third-order valence-corrected chi connectivity index (χ3v) is 3.38. The predicted molar refractivity (Wildman–Crippen MR) is 84.4 cm³/mol. The van der Waals surface area contributed by atoms with Crippen molar-refractivity contribution in [3.8, 4) is 0 Å². The number of halogens is 4. The predicted octanol–water partition coefficient (Wildman–Crippen LogP) is 4.80. The molecule has 0 atom stereocenters. The van der Waals surface area contributed by atoms with Gasteiger partial charge in [-0.15, -0.1) is 6.58 Å². The van der Waals surface area contributed by atoms with Crippen LogP contribution in [0.3, 0.4) is 0 Å². The Morgan fingerprint density at radius 2 is 2.04 bits per heavy atom. The van der Waals surface area contributed by atoms with Gasteiger partial charge in [-0.2, -0.15) is 13.2 Å². The smallest absolute Gasteiger partial charge is 0.417 e. The van der Waals surface area contributed by atoms with Crippen LogP contribution in [0.25, 0.3) is 0 Å². The van der Waals surface area contributed by atoms with Crippen molar-refractivity contribution < 1.29 is 27.5 Å². The number of nitrogens with one attached hydrogen (secondary N) is 1. The van der Waals surface area contributed by atoms with Gasteiger partial charge >= 0.3 is 12.1 Å². The highest BCUT2D eigenvalue weighted by molar-refractivity contribution is 5.94. The largest absolute Gasteiger partial charge is 0.478 e. The first kappa shape index (κ1) is 18.4. The summed E-state index contributed by atoms with van der Waals surface area (Å²) in [5.74, 6) is -2.30. The maximum Gasteiger partial charge on any atom is 0.417 e. The van der Waals surface area contributed by atoms with E-state index in [4.69, 9.17) is 5.11 Å². The molecule has 0 saturated heterocycles. The number of hydrogen-bond acceptors (Lipinski definition) is 3. The lowest BCUT2D eigenvalue weighted by Crippen LogP contribution is -2.12. The second-order valence-electron chi connectivity index (χ2n) is 5.18. The highest BCUT2D eigenvalue weighted by Gasteiger charge is 2.32. The summed E-state index contributed by atoms with van der Waals surface area (Å²) in [5.41, 5.74) is -0.911. The summed E-state index contributed by atoms with van der Waals surface area (Å²) in [5, 5.41) is 11.8. The molecule has 4 nitrogen and oxygen atoms in total. The monoisotopic (exact) mass is 354 g/mol. The lowest BCUT2D eigenvalue weighted by atomic mass is 10.1. The summed E-state index contributed by atoms with van der Waals surface area (Å²) in [6.45, 7) is 3.57. The Bertz CT molecular complexity index is 804. The number of carbonyl (C=O) groups is 1. The minimum absolute atomic E-state index is 0.257. The minimum Gasteiger partial charge on any atom is -0.478 e. The maximum absolute atomic E-state index is 13.4. The van der Waals surface area contributed by atoms with Crippen LogP contribution in [0.4, 0.5) is 29.1 Å². The van der Waals surface area contributed by atoms with Crippen molar-refractivity contribution in [1.82, 2.24) is 4.98 Å². The van der Waals surface area contributed by atoms with E-state index in [9.17, 15) is 22.4 Å². The van der Waals surface area contributed by atoms with Crippen LogP contribution in [0, 0.1) is 5.82 Å². The van der Waals surface area contributed by atoms with E-state index in [-0.39, 0.29) is 5.82 Å². The van der Waals surface area contributed by atoms with Crippen molar-refractivity contribution in [2.24, 2.45) is 0 Å². The first-order valence-electron chi connectivity index (χ1n) is 7.19. The van der Waals surface area contributed by atoms with Crippen molar-refractivity contribution in [1.29, 1.82) is 0 Å². The summed E-state index contributed by atoms with van der Waals surface area (Å²) in [4.78, 5) is 14.9. The van der Waals surface area contributed by atoms with Crippen molar-refractivity contribution in [2.75, 3.05) is 5.32 Å². The molecule has 25 heavy (non-hydrogen) atoms. The van der Waals surface area contributed by atoms with E-state index in [0.717, 1.165) is 6.07 Å². The summed E-state index contributed by atoms with van der Waals surface area (Å²) >= 11 is 0. The molecule has 0 spiro atoms. The Labute approximate surface area is 140 Å². The number of aryl methyl sites for hydroxylation is 1. The number of rotatable bonds is 6. The van der Waals surface area contributed by atoms with Crippen LogP contribution in [-0.4, -0.2) is 16.1 Å². The molecule has 8 heteroatoms. The van der Waals surface area contributed by atoms with Crippen molar-refractivity contribution >= 4 is 17.5 Å². The van der Waals surface area contributed by atoms with E-state index in [1.165, 1.54) is 12.1 Å². The molecule has 2 N–H and O–H groups in total. The molecule has 1 heterocycles. The van der Waals surface area contributed by atoms with Crippen LogP contribution in [-0.2, 0) is 12.6 Å². The van der Waals surface area contributed by atoms with Gasteiger partial charge in [-0.05, 0) is 42.7 Å². The Morgan fingerprint density at radius 1 is 1.32 bits per heavy atom. The number of carboxylic acid groups (broad SMARTS) is 1. The number of carboxylic acids is 1. The molecule has 0 aliphatic rings. The van der Waals surface area contributed by atoms with Gasteiger partial charge in [0.1, 0.15) is 17.2 Å². The molecular formula is C17H14F4N2O2. The summed E-state index contributed by atoms with van der Waals surface area (Å²) in [6, 6.07) is 4.30. The highest BCUT2D eigenvalue weighted by atomic mass is 19.4. The molecule has 0 radical (unpaired) electrons. The Balaban J connectivity index is 2.43. The lowest BCUT2D eigenvalue weighted by molar-refractivity contribution is -0.137. The number of pyridine rings is 1. The molecule has 1 aromatic carbocycles. The molecular weight excluding hydrogens is 340 g/mol. The Morgan fingerprint density at radius 3 is 2.64 bits per heavy atom. The highest BCUT2D eigenvalue weighted by Crippen LogP contribution is 2.32. The van der Waals surface area contributed by atoms with Crippen LogP contribution >= 0.6 is 0 Å². The number of hydrogen-bond donors (Lipinski definition) is 2. The van der Waals surface area contributed by atoms with Crippen molar-refractivity contribution in [2.45, 2.75) is 19.0 Å². The average molecular weight is 354 g/mol. The molecule has 2 aromatic rings. The molecule has 2 rings (SSSR count). The van der Waals surface area contributed by atoms with Crippen LogP contribution in [0.15, 0.2) is 43.1 Å². The van der Waals surface area contributed by atoms with Gasteiger partial charge in [0.05, 0.1) is 5.56 Å². The quantitative estimate of drug-likeness (QED) is 0.578. The van der Waals surface area contributed by atoms with Crippen molar-refractivity contribution in [3.05, 3.63) is 65.6 Å². The topological polar surface area (TPSA) is 62.2 Å². The SMILES string of the molecule is C=CCCc1cc(F)ccc1Nc1ncc(C(F)(F)F)cc1C(=O)O. The zero-order valence-electron chi connectivity index (χ0n) is 12.9. The fraction of sp³-hybridized carbons (Fsp3) is 0.176. The third kappa shape index (κ3) is 4.56. The maximum atomic E-state index is 13.4. The normalized spacial score (nSPS) is 11.2. The number of benzene rings is 1. The second kappa shape index (κ2) is 7.33. The molecule has 0 saturated carbocycles. The van der Waals surface area contributed by atoms with Crippen LogP contribution < -0.4 is 5.32 Å². The number of aromatic nitrogens is 1. The van der Waals surface area contributed by atoms with Gasteiger partial charge < -0.3 is 10.4 Å². The van der Waals surface area contributed by atoms with E-state index in [1.54, 1.807) is 6.08 Å². The number of anilines is 2. The van der Waals surface area contributed by atoms with E-state index in [1.807, 2.05) is 0 Å². The number of nitrogens with zero attached hydrogens (tertiary/aromatic N) is 1. The molecule has 132 valence electrons. The van der Waals surface area contributed by atoms with E-state index < -0.39 is 29.1 Å². The van der Waals surface area contributed by atoms with Gasteiger partial charge in [0.2, 0.25) is 0 Å². The third-order valence-electron chi connectivity index (χ3n) is 3.38. The van der Waals surface area contributed by atoms with Crippen LogP contribution in [0.2, 0.25) is 0 Å². The molecule has 1 aromatic heterocycles. The zero-order chi connectivity index (χ0) is 18.6. The summed E-state index contributed by atoms with van der Waals surface area (Å²) in [7, 11) is 0. The standard InChI is InChI=1S/C17H14F4N2O2/c1-2-3-4-10-7-12(18)5-6-14(10)23-15-13(16(24)25)8-11(9-22-15)17(19,20)21/h2,5-9H,1,3-4H2,(H,22,23)(H,24,25). The lowest BCUT2D eigenvalue weighted by Gasteiger charge is -2.14. The average Bonchev–Trinajstić information content (AvgIpc) is 2.54. The van der Waals surface area contributed by atoms with Crippen LogP contribution in [0.5, 0.6) is 0 Å². The van der Waals surface area contributed by atoms with Gasteiger partial charge in [-0.1, -0.05) is 6.08 Å². The van der Waals surface area contributed by atoms with E-state index in [2.05, 4.69) is 16.9 Å². The van der Waals surface area contributed by atoms with Crippen LogP contribution in [0.1, 0.15) is 27.9 Å². The second-order valence-corrected chi connectivity index (χ2v) is 5.18. The van der Waals surface area contributed by atoms with Gasteiger partial charge in [0.25, 0.3) is 0 Å². The van der Waals surface area contributed by atoms with E-state index >= 15 is 0 Å².